The monoisotopic (exact) mass is 306 g/mol. The summed E-state index contributed by atoms with van der Waals surface area (Å²) in [5.41, 5.74) is 2.91. The van der Waals surface area contributed by atoms with E-state index in [-0.39, 0.29) is 11.7 Å². The number of fused-ring (bicyclic) bond motifs is 1. The van der Waals surface area contributed by atoms with Crippen molar-refractivity contribution in [3.8, 4) is 5.75 Å². The van der Waals surface area contributed by atoms with E-state index in [1.165, 1.54) is 17.0 Å². The van der Waals surface area contributed by atoms with E-state index < -0.39 is 0 Å². The van der Waals surface area contributed by atoms with Gasteiger partial charge in [-0.2, -0.15) is 0 Å². The zero-order valence-electron chi connectivity index (χ0n) is 12.6. The highest BCUT2D eigenvalue weighted by molar-refractivity contribution is 5.92. The van der Waals surface area contributed by atoms with Gasteiger partial charge in [-0.3, -0.25) is 4.79 Å². The molecule has 1 aromatic heterocycles. The number of nitrogens with one attached hydrogen (secondary N) is 2. The first-order chi connectivity index (χ1) is 11.2. The van der Waals surface area contributed by atoms with E-state index in [2.05, 4.69) is 16.4 Å². The summed E-state index contributed by atoms with van der Waals surface area (Å²) >= 11 is 0. The van der Waals surface area contributed by atoms with Crippen molar-refractivity contribution in [3.05, 3.63) is 71.9 Å². The summed E-state index contributed by atoms with van der Waals surface area (Å²) in [6.07, 6.45) is 5.79. The SMILES string of the molecule is O=C(/C=C/c1ccccc1O)NCCc1c[nH]c2ccccc12. The number of carbonyl (C=O) groups excluding carboxylic acids is 1. The molecule has 116 valence electrons. The molecule has 23 heavy (non-hydrogen) atoms. The number of hydrogen-bond donors (Lipinski definition) is 3. The van der Waals surface area contributed by atoms with E-state index in [1.54, 1.807) is 24.3 Å². The van der Waals surface area contributed by atoms with Gasteiger partial charge >= 0.3 is 0 Å². The van der Waals surface area contributed by atoms with Crippen LogP contribution in [0.1, 0.15) is 11.1 Å². The molecule has 0 atom stereocenters. The second-order valence-corrected chi connectivity index (χ2v) is 5.29. The molecule has 3 N–H and O–H groups in total. The van der Waals surface area contributed by atoms with Crippen molar-refractivity contribution in [3.63, 3.8) is 0 Å². The highest BCUT2D eigenvalue weighted by Gasteiger charge is 2.03. The fourth-order valence-corrected chi connectivity index (χ4v) is 2.51. The number of hydrogen-bond acceptors (Lipinski definition) is 2. The molecule has 0 saturated carbocycles. The molecule has 0 radical (unpaired) electrons. The molecule has 0 saturated heterocycles. The number of phenolic OH excluding ortho intramolecular Hbond substituents is 1. The first-order valence-electron chi connectivity index (χ1n) is 7.53. The van der Waals surface area contributed by atoms with Crippen LogP contribution < -0.4 is 5.32 Å². The third-order valence-electron chi connectivity index (χ3n) is 3.72. The van der Waals surface area contributed by atoms with E-state index >= 15 is 0 Å². The zero-order valence-corrected chi connectivity index (χ0v) is 12.6. The van der Waals surface area contributed by atoms with Crippen LogP contribution in [0.15, 0.2) is 60.8 Å². The lowest BCUT2D eigenvalue weighted by atomic mass is 10.1. The summed E-state index contributed by atoms with van der Waals surface area (Å²) in [7, 11) is 0. The molecule has 0 fully saturated rings. The van der Waals surface area contributed by atoms with Crippen LogP contribution in [0.4, 0.5) is 0 Å². The first kappa shape index (κ1) is 14.9. The Labute approximate surface area is 134 Å². The van der Waals surface area contributed by atoms with Gasteiger partial charge in [0.05, 0.1) is 0 Å². The summed E-state index contributed by atoms with van der Waals surface area (Å²) in [4.78, 5) is 15.1. The molecule has 0 bridgehead atoms. The van der Waals surface area contributed by atoms with Crippen molar-refractivity contribution in [1.82, 2.24) is 10.3 Å². The Morgan fingerprint density at radius 1 is 1.13 bits per heavy atom. The van der Waals surface area contributed by atoms with Gasteiger partial charge in [-0.25, -0.2) is 0 Å². The van der Waals surface area contributed by atoms with Gasteiger partial charge in [-0.1, -0.05) is 36.4 Å². The summed E-state index contributed by atoms with van der Waals surface area (Å²) < 4.78 is 0. The highest BCUT2D eigenvalue weighted by Crippen LogP contribution is 2.18. The number of H-pyrrole nitrogens is 1. The maximum Gasteiger partial charge on any atom is 0.244 e. The van der Waals surface area contributed by atoms with Crippen LogP contribution in [0.2, 0.25) is 0 Å². The van der Waals surface area contributed by atoms with Crippen molar-refractivity contribution in [2.45, 2.75) is 6.42 Å². The van der Waals surface area contributed by atoms with Gasteiger partial charge in [-0.15, -0.1) is 0 Å². The number of rotatable bonds is 5. The lowest BCUT2D eigenvalue weighted by molar-refractivity contribution is -0.116. The van der Waals surface area contributed by atoms with Gasteiger partial charge in [0.2, 0.25) is 5.91 Å². The Bertz CT molecular complexity index is 849. The molecule has 0 aliphatic heterocycles. The van der Waals surface area contributed by atoms with Crippen molar-refractivity contribution >= 4 is 22.9 Å². The number of phenols is 1. The first-order valence-corrected chi connectivity index (χ1v) is 7.53. The summed E-state index contributed by atoms with van der Waals surface area (Å²) in [5.74, 6) is -0.0107. The van der Waals surface area contributed by atoms with Crippen molar-refractivity contribution < 1.29 is 9.90 Å². The minimum absolute atomic E-state index is 0.162. The molecule has 4 nitrogen and oxygen atoms in total. The van der Waals surface area contributed by atoms with Gasteiger partial charge in [-0.05, 0) is 30.2 Å². The molecule has 3 aromatic rings. The van der Waals surface area contributed by atoms with Crippen LogP contribution >= 0.6 is 0 Å². The number of carbonyl (C=O) groups is 1. The van der Waals surface area contributed by atoms with Gasteiger partial charge in [0.15, 0.2) is 0 Å². The molecule has 0 unspecified atom stereocenters. The second kappa shape index (κ2) is 6.83. The number of aromatic hydroxyl groups is 1. The normalized spacial score (nSPS) is 11.1. The number of benzene rings is 2. The maximum absolute atomic E-state index is 11.8. The van der Waals surface area contributed by atoms with Crippen molar-refractivity contribution in [2.24, 2.45) is 0 Å². The Morgan fingerprint density at radius 3 is 2.78 bits per heavy atom. The van der Waals surface area contributed by atoms with Crippen LogP contribution in [0, 0.1) is 0 Å². The summed E-state index contributed by atoms with van der Waals surface area (Å²) in [5, 5.41) is 13.7. The van der Waals surface area contributed by atoms with E-state index in [4.69, 9.17) is 0 Å². The third kappa shape index (κ3) is 3.61. The molecular formula is C19H18N2O2. The number of aromatic nitrogens is 1. The summed E-state index contributed by atoms with van der Waals surface area (Å²) in [6.45, 7) is 0.561. The van der Waals surface area contributed by atoms with E-state index in [0.717, 1.165) is 11.9 Å². The number of para-hydroxylation sites is 2. The standard InChI is InChI=1S/C19H18N2O2/c22-18-8-4-1-5-14(18)9-10-19(23)20-12-11-15-13-21-17-7-3-2-6-16(15)17/h1-10,13,21-22H,11-12H2,(H,20,23)/b10-9+. The highest BCUT2D eigenvalue weighted by atomic mass is 16.3. The average Bonchev–Trinajstić information content (AvgIpc) is 2.98. The summed E-state index contributed by atoms with van der Waals surface area (Å²) in [6, 6.07) is 15.0. The average molecular weight is 306 g/mol. The fraction of sp³-hybridized carbons (Fsp3) is 0.105. The van der Waals surface area contributed by atoms with Crippen molar-refractivity contribution in [2.75, 3.05) is 6.54 Å². The molecule has 0 aliphatic carbocycles. The molecule has 0 aliphatic rings. The van der Waals surface area contributed by atoms with Gasteiger partial charge in [0, 0.05) is 35.3 Å². The number of aromatic amines is 1. The van der Waals surface area contributed by atoms with Crippen LogP contribution in [0.3, 0.4) is 0 Å². The Kier molecular flexibility index (Phi) is 4.43. The lowest BCUT2D eigenvalue weighted by Gasteiger charge is -2.02. The minimum Gasteiger partial charge on any atom is -0.507 e. The van der Waals surface area contributed by atoms with E-state index in [9.17, 15) is 9.90 Å². The van der Waals surface area contributed by atoms with Crippen molar-refractivity contribution in [1.29, 1.82) is 0 Å². The Balaban J connectivity index is 1.54. The van der Waals surface area contributed by atoms with Gasteiger partial charge in [0.1, 0.15) is 5.75 Å². The molecular weight excluding hydrogens is 288 g/mol. The fourth-order valence-electron chi connectivity index (χ4n) is 2.51. The van der Waals surface area contributed by atoms with E-state index in [1.807, 2.05) is 30.5 Å². The van der Waals surface area contributed by atoms with Gasteiger partial charge in [0.25, 0.3) is 0 Å². The molecule has 0 spiro atoms. The topological polar surface area (TPSA) is 65.1 Å². The van der Waals surface area contributed by atoms with Crippen LogP contribution in [0.25, 0.3) is 17.0 Å². The largest absolute Gasteiger partial charge is 0.507 e. The molecule has 3 rings (SSSR count). The smallest absolute Gasteiger partial charge is 0.244 e. The van der Waals surface area contributed by atoms with Crippen LogP contribution in [-0.2, 0) is 11.2 Å². The minimum atomic E-state index is -0.173. The Hall–Kier alpha value is -3.01. The number of amides is 1. The molecule has 1 heterocycles. The quantitative estimate of drug-likeness (QED) is 0.634. The second-order valence-electron chi connectivity index (χ2n) is 5.29. The Morgan fingerprint density at radius 2 is 1.91 bits per heavy atom. The molecule has 1 amide bonds. The van der Waals surface area contributed by atoms with Gasteiger partial charge < -0.3 is 15.4 Å². The van der Waals surface area contributed by atoms with Crippen LogP contribution in [0.5, 0.6) is 5.75 Å². The lowest BCUT2D eigenvalue weighted by Crippen LogP contribution is -2.23. The third-order valence-corrected chi connectivity index (χ3v) is 3.72. The predicted molar refractivity (Wildman–Crippen MR) is 92.2 cm³/mol. The van der Waals surface area contributed by atoms with Crippen LogP contribution in [-0.4, -0.2) is 22.5 Å². The predicted octanol–water partition coefficient (Wildman–Crippen LogP) is 3.25. The van der Waals surface area contributed by atoms with E-state index in [0.29, 0.717) is 12.1 Å². The maximum atomic E-state index is 11.8. The zero-order chi connectivity index (χ0) is 16.1. The molecule has 2 aromatic carbocycles. The molecule has 4 heteroatoms.